The van der Waals surface area contributed by atoms with Crippen LogP contribution < -0.4 is 5.32 Å². The van der Waals surface area contributed by atoms with E-state index < -0.39 is 0 Å². The van der Waals surface area contributed by atoms with Gasteiger partial charge in [0.2, 0.25) is 0 Å². The summed E-state index contributed by atoms with van der Waals surface area (Å²) < 4.78 is 0. The van der Waals surface area contributed by atoms with Crippen molar-refractivity contribution in [2.45, 2.75) is 31.2 Å². The molecule has 2 saturated heterocycles. The second-order valence-corrected chi connectivity index (χ2v) is 4.48. The van der Waals surface area contributed by atoms with E-state index in [1.165, 1.54) is 0 Å². The van der Waals surface area contributed by atoms with Crippen molar-refractivity contribution in [1.82, 2.24) is 10.2 Å². The van der Waals surface area contributed by atoms with Gasteiger partial charge in [-0.3, -0.25) is 4.79 Å². The van der Waals surface area contributed by atoms with Crippen molar-refractivity contribution in [3.63, 3.8) is 0 Å². The summed E-state index contributed by atoms with van der Waals surface area (Å²) in [6.45, 7) is 3.14. The molecule has 82 valence electrons. The Labute approximate surface area is 91.6 Å². The molecule has 2 heterocycles. The number of hydrogen-bond donors (Lipinski definition) is 1. The number of hydrogen-bond acceptors (Lipinski definition) is 3. The number of nitrogens with zero attached hydrogens (tertiary/aromatic N) is 1. The lowest BCUT2D eigenvalue weighted by Gasteiger charge is -2.43. The van der Waals surface area contributed by atoms with Crippen LogP contribution in [0.1, 0.15) is 25.7 Å². The van der Waals surface area contributed by atoms with Crippen LogP contribution in [-0.2, 0) is 4.79 Å². The van der Waals surface area contributed by atoms with Crippen LogP contribution in [0.2, 0.25) is 0 Å². The van der Waals surface area contributed by atoms with Crippen molar-refractivity contribution in [3.05, 3.63) is 0 Å². The first-order valence-corrected chi connectivity index (χ1v) is 5.16. The Hall–Kier alpha value is -0.120. The lowest BCUT2D eigenvalue weighted by atomic mass is 9.80. The molecule has 2 aliphatic rings. The summed E-state index contributed by atoms with van der Waals surface area (Å²) in [4.78, 5) is 13.7. The molecule has 0 aliphatic carbocycles. The summed E-state index contributed by atoms with van der Waals surface area (Å²) in [7, 11) is 2.15. The Bertz CT molecular complexity index is 212. The number of piperidine rings is 2. The summed E-state index contributed by atoms with van der Waals surface area (Å²) in [5.74, 6) is 0.448. The van der Waals surface area contributed by atoms with E-state index in [4.69, 9.17) is 0 Å². The van der Waals surface area contributed by atoms with Gasteiger partial charge < -0.3 is 10.2 Å². The molecule has 0 bridgehead atoms. The van der Waals surface area contributed by atoms with Gasteiger partial charge in [-0.2, -0.15) is 0 Å². The van der Waals surface area contributed by atoms with Crippen molar-refractivity contribution < 1.29 is 4.79 Å². The Balaban J connectivity index is 0.000000980. The van der Waals surface area contributed by atoms with Crippen molar-refractivity contribution in [2.75, 3.05) is 26.7 Å². The minimum atomic E-state index is 0. The van der Waals surface area contributed by atoms with Crippen LogP contribution in [0.3, 0.4) is 0 Å². The van der Waals surface area contributed by atoms with Crippen molar-refractivity contribution in [2.24, 2.45) is 0 Å². The highest BCUT2D eigenvalue weighted by Gasteiger charge is 2.37. The largest absolute Gasteiger partial charge is 0.310 e. The monoisotopic (exact) mass is 218 g/mol. The number of likely N-dealkylation sites (tertiary alicyclic amines) is 1. The molecule has 0 aromatic rings. The van der Waals surface area contributed by atoms with Gasteiger partial charge in [0.25, 0.3) is 0 Å². The van der Waals surface area contributed by atoms with Gasteiger partial charge in [-0.15, -0.1) is 12.4 Å². The molecule has 2 rings (SSSR count). The first-order valence-electron chi connectivity index (χ1n) is 5.16. The van der Waals surface area contributed by atoms with Crippen molar-refractivity contribution in [3.8, 4) is 0 Å². The second kappa shape index (κ2) is 4.60. The van der Waals surface area contributed by atoms with Crippen LogP contribution in [0.25, 0.3) is 0 Å². The minimum absolute atomic E-state index is 0. The highest BCUT2D eigenvalue weighted by atomic mass is 35.5. The summed E-state index contributed by atoms with van der Waals surface area (Å²) in [6.07, 6.45) is 3.77. The van der Waals surface area contributed by atoms with Gasteiger partial charge in [0, 0.05) is 24.9 Å². The number of carbonyl (C=O) groups is 1. The van der Waals surface area contributed by atoms with Crippen LogP contribution in [0.4, 0.5) is 0 Å². The van der Waals surface area contributed by atoms with E-state index >= 15 is 0 Å². The van der Waals surface area contributed by atoms with Crippen LogP contribution in [0.15, 0.2) is 0 Å². The summed E-state index contributed by atoms with van der Waals surface area (Å²) in [6, 6.07) is 0. The first kappa shape index (κ1) is 12.0. The van der Waals surface area contributed by atoms with Gasteiger partial charge in [0.15, 0.2) is 0 Å². The Morgan fingerprint density at radius 3 is 2.57 bits per heavy atom. The molecule has 14 heavy (non-hydrogen) atoms. The number of rotatable bonds is 0. The quantitative estimate of drug-likeness (QED) is 0.654. The summed E-state index contributed by atoms with van der Waals surface area (Å²) in [5.41, 5.74) is 0.168. The second-order valence-electron chi connectivity index (χ2n) is 4.48. The van der Waals surface area contributed by atoms with Crippen molar-refractivity contribution >= 4 is 18.2 Å². The van der Waals surface area contributed by atoms with E-state index in [2.05, 4.69) is 17.3 Å². The van der Waals surface area contributed by atoms with Crippen LogP contribution in [0, 0.1) is 0 Å². The molecule has 0 atom stereocenters. The highest BCUT2D eigenvalue weighted by Crippen LogP contribution is 2.28. The summed E-state index contributed by atoms with van der Waals surface area (Å²) in [5, 5.41) is 3.54. The molecule has 1 spiro atoms. The molecule has 0 unspecified atom stereocenters. The van der Waals surface area contributed by atoms with E-state index in [1.54, 1.807) is 0 Å². The zero-order valence-electron chi connectivity index (χ0n) is 8.71. The topological polar surface area (TPSA) is 32.3 Å². The number of carbonyl (C=O) groups excluding carboxylic acids is 1. The smallest absolute Gasteiger partial charge is 0.136 e. The highest BCUT2D eigenvalue weighted by molar-refractivity contribution is 5.85. The SMILES string of the molecule is CN1CCC2(CC1)CC(=O)CCN2.Cl. The maximum Gasteiger partial charge on any atom is 0.136 e. The Kier molecular flexibility index (Phi) is 3.93. The lowest BCUT2D eigenvalue weighted by Crippen LogP contribution is -2.56. The molecule has 2 aliphatic heterocycles. The van der Waals surface area contributed by atoms with Crippen LogP contribution >= 0.6 is 12.4 Å². The fourth-order valence-electron chi connectivity index (χ4n) is 2.40. The average molecular weight is 219 g/mol. The number of ketones is 1. The Morgan fingerprint density at radius 2 is 2.00 bits per heavy atom. The van der Waals surface area contributed by atoms with E-state index in [9.17, 15) is 4.79 Å². The predicted molar refractivity (Wildman–Crippen MR) is 59.0 cm³/mol. The third kappa shape index (κ3) is 2.47. The standard InChI is InChI=1S/C10H18N2O.ClH/c1-12-6-3-10(4-7-12)8-9(13)2-5-11-10;/h11H,2-8H2,1H3;1H. The number of Topliss-reactive ketones (excluding diaryl/α,β-unsaturated/α-hetero) is 1. The maximum absolute atomic E-state index is 11.4. The first-order chi connectivity index (χ1) is 6.20. The zero-order valence-corrected chi connectivity index (χ0v) is 9.53. The van der Waals surface area contributed by atoms with Crippen LogP contribution in [0.5, 0.6) is 0 Å². The predicted octanol–water partition coefficient (Wildman–Crippen LogP) is 0.825. The van der Waals surface area contributed by atoms with E-state index in [0.29, 0.717) is 5.78 Å². The third-order valence-corrected chi connectivity index (χ3v) is 3.38. The lowest BCUT2D eigenvalue weighted by molar-refractivity contribution is -0.122. The van der Waals surface area contributed by atoms with Crippen molar-refractivity contribution in [1.29, 1.82) is 0 Å². The maximum atomic E-state index is 11.4. The average Bonchev–Trinajstić information content (AvgIpc) is 2.11. The molecule has 4 heteroatoms. The molecule has 0 amide bonds. The molecular formula is C10H19ClN2O. The van der Waals surface area contributed by atoms with Gasteiger partial charge >= 0.3 is 0 Å². The molecular weight excluding hydrogens is 200 g/mol. The molecule has 3 nitrogen and oxygen atoms in total. The van der Waals surface area contributed by atoms with E-state index in [0.717, 1.165) is 45.3 Å². The minimum Gasteiger partial charge on any atom is -0.310 e. The van der Waals surface area contributed by atoms with Gasteiger partial charge in [-0.25, -0.2) is 0 Å². The third-order valence-electron chi connectivity index (χ3n) is 3.38. The van der Waals surface area contributed by atoms with Gasteiger partial charge in [0.05, 0.1) is 0 Å². The molecule has 0 aromatic heterocycles. The molecule has 1 N–H and O–H groups in total. The zero-order chi connectivity index (χ0) is 9.31. The number of halogens is 1. The van der Waals surface area contributed by atoms with Gasteiger partial charge in [0.1, 0.15) is 5.78 Å². The normalized spacial score (nSPS) is 27.4. The Morgan fingerprint density at radius 1 is 1.36 bits per heavy atom. The molecule has 2 fully saturated rings. The molecule has 0 saturated carbocycles. The number of nitrogens with one attached hydrogen (secondary N) is 1. The fraction of sp³-hybridized carbons (Fsp3) is 0.900. The van der Waals surface area contributed by atoms with Gasteiger partial charge in [-0.05, 0) is 33.0 Å². The van der Waals surface area contributed by atoms with Crippen LogP contribution in [-0.4, -0.2) is 42.9 Å². The van der Waals surface area contributed by atoms with E-state index in [-0.39, 0.29) is 17.9 Å². The summed E-state index contributed by atoms with van der Waals surface area (Å²) >= 11 is 0. The molecule has 0 radical (unpaired) electrons. The van der Waals surface area contributed by atoms with E-state index in [1.807, 2.05) is 0 Å². The molecule has 0 aromatic carbocycles. The van der Waals surface area contributed by atoms with Gasteiger partial charge in [-0.1, -0.05) is 0 Å². The fourth-order valence-corrected chi connectivity index (χ4v) is 2.40.